The number of nitrogens with one attached hydrogen (secondary N) is 1. The first-order valence-electron chi connectivity index (χ1n) is 11.4. The standard InChI is InChI=1S/C24H34N4O3/c1-19(22-6-5-20(2)31-22)7-11-27-14-15-30-24(18-27)8-12-28(13-9-24)23(29)17-26-21-4-3-10-25-16-21/h3-6,10,16,19,26H,7-9,11-15,17-18H2,1-2H3. The Labute approximate surface area is 184 Å². The van der Waals surface area contributed by atoms with Crippen LogP contribution in [-0.4, -0.2) is 72.2 Å². The zero-order valence-corrected chi connectivity index (χ0v) is 18.7. The van der Waals surface area contributed by atoms with Gasteiger partial charge in [0.05, 0.1) is 24.4 Å². The largest absolute Gasteiger partial charge is 0.466 e. The molecule has 2 aliphatic heterocycles. The highest BCUT2D eigenvalue weighted by molar-refractivity contribution is 5.80. The van der Waals surface area contributed by atoms with E-state index in [1.807, 2.05) is 30.0 Å². The molecular formula is C24H34N4O3. The molecule has 1 amide bonds. The minimum Gasteiger partial charge on any atom is -0.466 e. The van der Waals surface area contributed by atoms with Gasteiger partial charge in [0, 0.05) is 44.5 Å². The topological polar surface area (TPSA) is 70.8 Å². The second-order valence-electron chi connectivity index (χ2n) is 8.92. The van der Waals surface area contributed by atoms with Crippen LogP contribution in [-0.2, 0) is 9.53 Å². The van der Waals surface area contributed by atoms with Crippen molar-refractivity contribution in [3.05, 3.63) is 48.2 Å². The molecule has 7 nitrogen and oxygen atoms in total. The molecule has 1 atom stereocenters. The number of rotatable bonds is 7. The van der Waals surface area contributed by atoms with E-state index in [-0.39, 0.29) is 11.5 Å². The third kappa shape index (κ3) is 5.66. The highest BCUT2D eigenvalue weighted by Gasteiger charge is 2.40. The molecule has 0 saturated carbocycles. The van der Waals surface area contributed by atoms with Crippen molar-refractivity contribution >= 4 is 11.6 Å². The van der Waals surface area contributed by atoms with Gasteiger partial charge in [-0.05, 0) is 57.0 Å². The molecular weight excluding hydrogens is 392 g/mol. The van der Waals surface area contributed by atoms with Crippen molar-refractivity contribution in [2.45, 2.75) is 44.6 Å². The van der Waals surface area contributed by atoms with Crippen LogP contribution >= 0.6 is 0 Å². The van der Waals surface area contributed by atoms with E-state index >= 15 is 0 Å². The van der Waals surface area contributed by atoms with Crippen LogP contribution in [0.1, 0.15) is 43.6 Å². The Kier molecular flexibility index (Phi) is 6.92. The summed E-state index contributed by atoms with van der Waals surface area (Å²) in [6, 6.07) is 7.91. The molecule has 1 N–H and O–H groups in total. The first-order chi connectivity index (χ1) is 15.0. The Balaban J connectivity index is 1.22. The molecule has 0 aromatic carbocycles. The SMILES string of the molecule is Cc1ccc(C(C)CCN2CCOC3(CCN(C(=O)CNc4cccnc4)CC3)C2)o1. The first-order valence-corrected chi connectivity index (χ1v) is 11.4. The maximum atomic E-state index is 12.6. The van der Waals surface area contributed by atoms with E-state index < -0.39 is 0 Å². The van der Waals surface area contributed by atoms with Crippen molar-refractivity contribution in [3.8, 4) is 0 Å². The number of aryl methyl sites for hydroxylation is 1. The average molecular weight is 427 g/mol. The molecule has 7 heteroatoms. The van der Waals surface area contributed by atoms with Crippen molar-refractivity contribution in [3.63, 3.8) is 0 Å². The molecule has 2 aliphatic rings. The van der Waals surface area contributed by atoms with Crippen LogP contribution in [0.25, 0.3) is 0 Å². The summed E-state index contributed by atoms with van der Waals surface area (Å²) >= 11 is 0. The molecule has 0 aliphatic carbocycles. The molecule has 1 spiro atoms. The van der Waals surface area contributed by atoms with Crippen molar-refractivity contribution in [2.75, 3.05) is 51.2 Å². The fraction of sp³-hybridized carbons (Fsp3) is 0.583. The molecule has 31 heavy (non-hydrogen) atoms. The second-order valence-corrected chi connectivity index (χ2v) is 8.92. The number of morpholine rings is 1. The maximum Gasteiger partial charge on any atom is 0.241 e. The number of amides is 1. The lowest BCUT2D eigenvalue weighted by atomic mass is 9.89. The molecule has 168 valence electrons. The number of hydrogen-bond donors (Lipinski definition) is 1. The Morgan fingerprint density at radius 2 is 2.10 bits per heavy atom. The molecule has 4 heterocycles. The lowest BCUT2D eigenvalue weighted by Gasteiger charge is -2.47. The molecule has 4 rings (SSSR count). The lowest BCUT2D eigenvalue weighted by Crippen LogP contribution is -2.58. The summed E-state index contributed by atoms with van der Waals surface area (Å²) in [5, 5.41) is 3.16. The number of pyridine rings is 1. The van der Waals surface area contributed by atoms with Crippen molar-refractivity contribution in [1.29, 1.82) is 0 Å². The minimum atomic E-state index is -0.115. The number of likely N-dealkylation sites (tertiary alicyclic amines) is 1. The Hall–Kier alpha value is -2.38. The quantitative estimate of drug-likeness (QED) is 0.733. The first kappa shape index (κ1) is 21.8. The Morgan fingerprint density at radius 1 is 1.26 bits per heavy atom. The van der Waals surface area contributed by atoms with Gasteiger partial charge in [-0.3, -0.25) is 14.7 Å². The highest BCUT2D eigenvalue weighted by atomic mass is 16.5. The Bertz CT molecular complexity index is 846. The summed E-state index contributed by atoms with van der Waals surface area (Å²) in [4.78, 5) is 21.2. The van der Waals surface area contributed by atoms with Crippen LogP contribution in [0.2, 0.25) is 0 Å². The van der Waals surface area contributed by atoms with Crippen molar-refractivity contribution < 1.29 is 13.9 Å². The monoisotopic (exact) mass is 426 g/mol. The van der Waals surface area contributed by atoms with Gasteiger partial charge in [0.1, 0.15) is 11.5 Å². The van der Waals surface area contributed by atoms with Gasteiger partial charge in [-0.2, -0.15) is 0 Å². The van der Waals surface area contributed by atoms with Crippen LogP contribution in [0.3, 0.4) is 0 Å². The number of nitrogens with zero attached hydrogens (tertiary/aromatic N) is 3. The highest BCUT2D eigenvalue weighted by Crippen LogP contribution is 2.31. The molecule has 2 aromatic rings. The Morgan fingerprint density at radius 3 is 2.81 bits per heavy atom. The van der Waals surface area contributed by atoms with Gasteiger partial charge in [0.15, 0.2) is 0 Å². The minimum absolute atomic E-state index is 0.115. The van der Waals surface area contributed by atoms with Gasteiger partial charge in [0.2, 0.25) is 5.91 Å². The van der Waals surface area contributed by atoms with E-state index in [4.69, 9.17) is 9.15 Å². The molecule has 2 saturated heterocycles. The third-order valence-electron chi connectivity index (χ3n) is 6.59. The van der Waals surface area contributed by atoms with Gasteiger partial charge >= 0.3 is 0 Å². The summed E-state index contributed by atoms with van der Waals surface area (Å²) in [6.45, 7) is 9.78. The zero-order chi connectivity index (χ0) is 21.7. The predicted molar refractivity (Wildman–Crippen MR) is 120 cm³/mol. The van der Waals surface area contributed by atoms with Gasteiger partial charge in [-0.1, -0.05) is 6.92 Å². The summed E-state index contributed by atoms with van der Waals surface area (Å²) in [6.07, 6.45) is 6.33. The summed E-state index contributed by atoms with van der Waals surface area (Å²) in [5.41, 5.74) is 0.755. The maximum absolute atomic E-state index is 12.6. The van der Waals surface area contributed by atoms with Gasteiger partial charge in [-0.25, -0.2) is 0 Å². The van der Waals surface area contributed by atoms with E-state index in [1.165, 1.54) is 0 Å². The fourth-order valence-electron chi connectivity index (χ4n) is 4.57. The molecule has 1 unspecified atom stereocenters. The lowest BCUT2D eigenvalue weighted by molar-refractivity contribution is -0.149. The van der Waals surface area contributed by atoms with Crippen molar-refractivity contribution in [1.82, 2.24) is 14.8 Å². The van der Waals surface area contributed by atoms with Gasteiger partial charge in [0.25, 0.3) is 0 Å². The molecule has 2 fully saturated rings. The fourth-order valence-corrected chi connectivity index (χ4v) is 4.57. The smallest absolute Gasteiger partial charge is 0.241 e. The number of ether oxygens (including phenoxy) is 1. The van der Waals surface area contributed by atoms with Crippen LogP contribution in [0.15, 0.2) is 41.1 Å². The molecule has 0 bridgehead atoms. The van der Waals surface area contributed by atoms with Gasteiger partial charge < -0.3 is 19.4 Å². The van der Waals surface area contributed by atoms with E-state index in [0.717, 1.165) is 75.8 Å². The third-order valence-corrected chi connectivity index (χ3v) is 6.59. The predicted octanol–water partition coefficient (Wildman–Crippen LogP) is 3.28. The number of carbonyl (C=O) groups is 1. The number of aromatic nitrogens is 1. The number of anilines is 1. The van der Waals surface area contributed by atoms with Gasteiger partial charge in [-0.15, -0.1) is 0 Å². The number of piperidine rings is 1. The van der Waals surface area contributed by atoms with Crippen LogP contribution in [0.4, 0.5) is 5.69 Å². The zero-order valence-electron chi connectivity index (χ0n) is 18.7. The summed E-state index contributed by atoms with van der Waals surface area (Å²) < 4.78 is 12.1. The van der Waals surface area contributed by atoms with E-state index in [1.54, 1.807) is 12.4 Å². The van der Waals surface area contributed by atoms with E-state index in [2.05, 4.69) is 28.2 Å². The van der Waals surface area contributed by atoms with Crippen LogP contribution < -0.4 is 5.32 Å². The number of carbonyl (C=O) groups excluding carboxylic acids is 1. The van der Waals surface area contributed by atoms with E-state index in [0.29, 0.717) is 12.5 Å². The molecule has 0 radical (unpaired) electrons. The van der Waals surface area contributed by atoms with Crippen LogP contribution in [0, 0.1) is 6.92 Å². The number of hydrogen-bond acceptors (Lipinski definition) is 6. The average Bonchev–Trinajstić information content (AvgIpc) is 3.23. The number of furan rings is 1. The van der Waals surface area contributed by atoms with Crippen molar-refractivity contribution in [2.24, 2.45) is 0 Å². The molecule has 2 aromatic heterocycles. The van der Waals surface area contributed by atoms with E-state index in [9.17, 15) is 4.79 Å². The normalized spacial score (nSPS) is 20.0. The van der Waals surface area contributed by atoms with Crippen LogP contribution in [0.5, 0.6) is 0 Å². The summed E-state index contributed by atoms with van der Waals surface area (Å²) in [5.74, 6) is 2.60. The second kappa shape index (κ2) is 9.83. The summed E-state index contributed by atoms with van der Waals surface area (Å²) in [7, 11) is 0.